The van der Waals surface area contributed by atoms with E-state index in [9.17, 15) is 0 Å². The maximum atomic E-state index is 5.38. The van der Waals surface area contributed by atoms with Gasteiger partial charge in [-0.15, -0.1) is 24.0 Å². The van der Waals surface area contributed by atoms with E-state index < -0.39 is 0 Å². The summed E-state index contributed by atoms with van der Waals surface area (Å²) in [5, 5.41) is 10.9. The lowest BCUT2D eigenvalue weighted by molar-refractivity contribution is 0.411. The second kappa shape index (κ2) is 11.8. The van der Waals surface area contributed by atoms with Gasteiger partial charge in [-0.3, -0.25) is 9.67 Å². The summed E-state index contributed by atoms with van der Waals surface area (Å²) < 4.78 is 7.31. The average Bonchev–Trinajstić information content (AvgIpc) is 3.01. The largest absolute Gasteiger partial charge is 0.496 e. The van der Waals surface area contributed by atoms with Gasteiger partial charge in [0.25, 0.3) is 0 Å². The Morgan fingerprint density at radius 1 is 1.27 bits per heavy atom. The van der Waals surface area contributed by atoms with Crippen molar-refractivity contribution in [2.75, 3.05) is 26.7 Å². The van der Waals surface area contributed by atoms with Crippen LogP contribution in [0.2, 0.25) is 0 Å². The van der Waals surface area contributed by atoms with Crippen molar-refractivity contribution < 1.29 is 4.74 Å². The lowest BCUT2D eigenvalue weighted by atomic mass is 10.1. The molecule has 2 N–H and O–H groups in total. The maximum Gasteiger partial charge on any atom is 0.191 e. The van der Waals surface area contributed by atoms with Gasteiger partial charge >= 0.3 is 0 Å². The number of aryl methyl sites for hydroxylation is 2. The predicted molar refractivity (Wildman–Crippen MR) is 118 cm³/mol. The average molecular weight is 471 g/mol. The van der Waals surface area contributed by atoms with Crippen molar-refractivity contribution in [2.45, 2.75) is 33.7 Å². The second-order valence-electron chi connectivity index (χ2n) is 6.02. The van der Waals surface area contributed by atoms with E-state index in [1.165, 1.54) is 11.1 Å². The third kappa shape index (κ3) is 7.23. The fourth-order valence-electron chi connectivity index (χ4n) is 2.54. The SMILES string of the molecule is CCNC(=NCCc1ccc(C)c(OC)c1)NCCn1cc(C)cn1.I. The molecular weight excluding hydrogens is 441 g/mol. The minimum absolute atomic E-state index is 0. The van der Waals surface area contributed by atoms with Gasteiger partial charge in [0.2, 0.25) is 0 Å². The topological polar surface area (TPSA) is 63.5 Å². The molecule has 7 heteroatoms. The van der Waals surface area contributed by atoms with Gasteiger partial charge in [0.05, 0.1) is 19.9 Å². The number of halogens is 1. The second-order valence-corrected chi connectivity index (χ2v) is 6.02. The molecule has 1 heterocycles. The highest BCUT2D eigenvalue weighted by Gasteiger charge is 2.01. The number of guanidine groups is 1. The molecule has 2 rings (SSSR count). The first-order chi connectivity index (χ1) is 12.1. The number of aromatic nitrogens is 2. The molecule has 1 aromatic heterocycles. The summed E-state index contributed by atoms with van der Waals surface area (Å²) in [6.07, 6.45) is 4.79. The minimum atomic E-state index is 0. The van der Waals surface area contributed by atoms with Crippen LogP contribution < -0.4 is 15.4 Å². The molecule has 0 aliphatic rings. The van der Waals surface area contributed by atoms with Gasteiger partial charge in [0.15, 0.2) is 5.96 Å². The van der Waals surface area contributed by atoms with Crippen molar-refractivity contribution in [2.24, 2.45) is 4.99 Å². The third-order valence-electron chi connectivity index (χ3n) is 3.88. The first-order valence-corrected chi connectivity index (χ1v) is 8.77. The van der Waals surface area contributed by atoms with Gasteiger partial charge in [-0.2, -0.15) is 5.10 Å². The van der Waals surface area contributed by atoms with E-state index in [0.717, 1.165) is 49.9 Å². The quantitative estimate of drug-likeness (QED) is 0.353. The Hall–Kier alpha value is -1.77. The van der Waals surface area contributed by atoms with Crippen molar-refractivity contribution in [1.29, 1.82) is 0 Å². The normalized spacial score (nSPS) is 11.0. The van der Waals surface area contributed by atoms with Crippen LogP contribution in [-0.2, 0) is 13.0 Å². The summed E-state index contributed by atoms with van der Waals surface area (Å²) in [4.78, 5) is 4.65. The van der Waals surface area contributed by atoms with Crippen LogP contribution in [0.4, 0.5) is 0 Å². The van der Waals surface area contributed by atoms with Crippen molar-refractivity contribution >= 4 is 29.9 Å². The van der Waals surface area contributed by atoms with Crippen LogP contribution >= 0.6 is 24.0 Å². The van der Waals surface area contributed by atoms with Crippen molar-refractivity contribution in [1.82, 2.24) is 20.4 Å². The zero-order chi connectivity index (χ0) is 18.1. The smallest absolute Gasteiger partial charge is 0.191 e. The molecule has 0 amide bonds. The Balaban J connectivity index is 0.00000338. The van der Waals surface area contributed by atoms with Crippen LogP contribution in [-0.4, -0.2) is 42.5 Å². The van der Waals surface area contributed by atoms with Crippen LogP contribution in [0.25, 0.3) is 0 Å². The van der Waals surface area contributed by atoms with Crippen molar-refractivity contribution in [3.8, 4) is 5.75 Å². The number of nitrogens with one attached hydrogen (secondary N) is 2. The zero-order valence-electron chi connectivity index (χ0n) is 16.1. The fraction of sp³-hybridized carbons (Fsp3) is 0.474. The number of nitrogens with zero attached hydrogens (tertiary/aromatic N) is 3. The van der Waals surface area contributed by atoms with Gasteiger partial charge < -0.3 is 15.4 Å². The molecule has 26 heavy (non-hydrogen) atoms. The van der Waals surface area contributed by atoms with Gasteiger partial charge in [-0.1, -0.05) is 12.1 Å². The van der Waals surface area contributed by atoms with E-state index in [4.69, 9.17) is 4.74 Å². The molecule has 6 nitrogen and oxygen atoms in total. The molecular formula is C19H30IN5O. The Morgan fingerprint density at radius 3 is 2.73 bits per heavy atom. The van der Waals surface area contributed by atoms with Gasteiger partial charge in [0, 0.05) is 25.8 Å². The summed E-state index contributed by atoms with van der Waals surface area (Å²) >= 11 is 0. The number of benzene rings is 1. The van der Waals surface area contributed by atoms with Crippen molar-refractivity contribution in [3.05, 3.63) is 47.3 Å². The van der Waals surface area contributed by atoms with Crippen LogP contribution in [0, 0.1) is 13.8 Å². The zero-order valence-corrected chi connectivity index (χ0v) is 18.4. The summed E-state index contributed by atoms with van der Waals surface area (Å²) in [6, 6.07) is 6.31. The number of hydrogen-bond donors (Lipinski definition) is 2. The number of ether oxygens (including phenoxy) is 1. The summed E-state index contributed by atoms with van der Waals surface area (Å²) in [7, 11) is 1.71. The molecule has 0 saturated heterocycles. The molecule has 0 fully saturated rings. The molecule has 144 valence electrons. The number of methoxy groups -OCH3 is 1. The van der Waals surface area contributed by atoms with E-state index in [0.29, 0.717) is 0 Å². The standard InChI is InChI=1S/C19H29N5O.HI/c1-5-20-19(22-10-11-24-14-15(2)13-23-24)21-9-8-17-7-6-16(3)18(12-17)25-4;/h6-7,12-14H,5,8-11H2,1-4H3,(H2,20,21,22);1H. The Bertz CT molecular complexity index is 699. The summed E-state index contributed by atoms with van der Waals surface area (Å²) in [5.41, 5.74) is 3.56. The maximum absolute atomic E-state index is 5.38. The first kappa shape index (κ1) is 22.3. The molecule has 0 saturated carbocycles. The van der Waals surface area contributed by atoms with E-state index in [1.54, 1.807) is 7.11 Å². The van der Waals surface area contributed by atoms with E-state index in [1.807, 2.05) is 24.0 Å². The van der Waals surface area contributed by atoms with Crippen LogP contribution in [0.1, 0.15) is 23.6 Å². The lowest BCUT2D eigenvalue weighted by Gasteiger charge is -2.11. The van der Waals surface area contributed by atoms with Crippen LogP contribution in [0.15, 0.2) is 35.6 Å². The molecule has 0 aliphatic heterocycles. The molecule has 0 radical (unpaired) electrons. The Kier molecular flexibility index (Phi) is 10.1. The molecule has 0 spiro atoms. The number of hydrogen-bond acceptors (Lipinski definition) is 3. The molecule has 0 bridgehead atoms. The molecule has 2 aromatic rings. The van der Waals surface area contributed by atoms with E-state index in [2.05, 4.69) is 52.8 Å². The summed E-state index contributed by atoms with van der Waals surface area (Å²) in [6.45, 7) is 9.32. The van der Waals surface area contributed by atoms with Crippen LogP contribution in [0.3, 0.4) is 0 Å². The molecule has 0 unspecified atom stereocenters. The number of rotatable bonds is 8. The van der Waals surface area contributed by atoms with E-state index in [-0.39, 0.29) is 24.0 Å². The van der Waals surface area contributed by atoms with Gasteiger partial charge in [-0.05, 0) is 49.9 Å². The molecule has 0 atom stereocenters. The Labute approximate surface area is 173 Å². The number of aliphatic imine (C=N–C) groups is 1. The monoisotopic (exact) mass is 471 g/mol. The predicted octanol–water partition coefficient (Wildman–Crippen LogP) is 2.92. The first-order valence-electron chi connectivity index (χ1n) is 8.77. The van der Waals surface area contributed by atoms with Crippen molar-refractivity contribution in [3.63, 3.8) is 0 Å². The molecule has 1 aromatic carbocycles. The van der Waals surface area contributed by atoms with Crippen LogP contribution in [0.5, 0.6) is 5.75 Å². The highest BCUT2D eigenvalue weighted by molar-refractivity contribution is 14.0. The highest BCUT2D eigenvalue weighted by Crippen LogP contribution is 2.19. The van der Waals surface area contributed by atoms with Gasteiger partial charge in [-0.25, -0.2) is 0 Å². The molecule has 0 aliphatic carbocycles. The fourth-order valence-corrected chi connectivity index (χ4v) is 2.54. The Morgan fingerprint density at radius 2 is 2.08 bits per heavy atom. The van der Waals surface area contributed by atoms with Gasteiger partial charge in [0.1, 0.15) is 5.75 Å². The summed E-state index contributed by atoms with van der Waals surface area (Å²) in [5.74, 6) is 1.77. The highest BCUT2D eigenvalue weighted by atomic mass is 127. The van der Waals surface area contributed by atoms with E-state index >= 15 is 0 Å². The minimum Gasteiger partial charge on any atom is -0.496 e. The third-order valence-corrected chi connectivity index (χ3v) is 3.88. The lowest BCUT2D eigenvalue weighted by Crippen LogP contribution is -2.39.